The van der Waals surface area contributed by atoms with Crippen LogP contribution in [-0.2, 0) is 16.1 Å². The minimum atomic E-state index is -0.893. The number of hydrogen-bond acceptors (Lipinski definition) is 3. The Labute approximate surface area is 128 Å². The van der Waals surface area contributed by atoms with E-state index in [2.05, 4.69) is 10.4 Å². The van der Waals surface area contributed by atoms with Gasteiger partial charge in [-0.2, -0.15) is 5.10 Å². The molecule has 2 N–H and O–H groups in total. The summed E-state index contributed by atoms with van der Waals surface area (Å²) in [6, 6.07) is 9.79. The predicted molar refractivity (Wildman–Crippen MR) is 82.6 cm³/mol. The number of amides is 1. The molecule has 1 amide bonds. The van der Waals surface area contributed by atoms with Crippen molar-refractivity contribution in [2.45, 2.75) is 32.7 Å². The van der Waals surface area contributed by atoms with Gasteiger partial charge in [0.2, 0.25) is 5.91 Å². The second-order valence-corrected chi connectivity index (χ2v) is 5.12. The topological polar surface area (TPSA) is 84.2 Å². The molecule has 1 heterocycles. The molecule has 1 aromatic heterocycles. The van der Waals surface area contributed by atoms with E-state index in [4.69, 9.17) is 5.11 Å². The van der Waals surface area contributed by atoms with E-state index in [9.17, 15) is 9.59 Å². The molecule has 0 saturated heterocycles. The van der Waals surface area contributed by atoms with E-state index >= 15 is 0 Å². The van der Waals surface area contributed by atoms with Gasteiger partial charge in [0.25, 0.3) is 0 Å². The Kier molecular flexibility index (Phi) is 5.30. The second-order valence-electron chi connectivity index (χ2n) is 5.12. The Morgan fingerprint density at radius 2 is 2.00 bits per heavy atom. The zero-order valence-electron chi connectivity index (χ0n) is 12.5. The Bertz CT molecular complexity index is 664. The molecule has 0 aliphatic carbocycles. The largest absolute Gasteiger partial charge is 0.481 e. The number of nitrogens with zero attached hydrogens (tertiary/aromatic N) is 2. The van der Waals surface area contributed by atoms with Crippen molar-refractivity contribution < 1.29 is 14.7 Å². The number of benzene rings is 1. The number of carboxylic acids is 1. The molecule has 0 bridgehead atoms. The molecule has 6 heteroatoms. The molecule has 0 aliphatic heterocycles. The van der Waals surface area contributed by atoms with E-state index in [-0.39, 0.29) is 18.7 Å². The first-order valence-electron chi connectivity index (χ1n) is 7.14. The molecule has 6 nitrogen and oxygen atoms in total. The highest BCUT2D eigenvalue weighted by Crippen LogP contribution is 2.11. The number of nitrogens with one attached hydrogen (secondary N) is 1. The monoisotopic (exact) mass is 301 g/mol. The van der Waals surface area contributed by atoms with Crippen LogP contribution in [0.2, 0.25) is 0 Å². The molecule has 1 aromatic carbocycles. The number of hydrogen-bond donors (Lipinski definition) is 2. The van der Waals surface area contributed by atoms with Crippen LogP contribution in [0.15, 0.2) is 36.5 Å². The average molecular weight is 301 g/mol. The smallest absolute Gasteiger partial charge is 0.303 e. The molecule has 2 rings (SSSR count). The third kappa shape index (κ3) is 4.73. The molecule has 0 atom stereocenters. The molecule has 0 saturated carbocycles. The van der Waals surface area contributed by atoms with Gasteiger partial charge in [-0.05, 0) is 24.5 Å². The van der Waals surface area contributed by atoms with E-state index in [0.717, 1.165) is 0 Å². The summed E-state index contributed by atoms with van der Waals surface area (Å²) in [7, 11) is 0. The van der Waals surface area contributed by atoms with Crippen LogP contribution in [-0.4, -0.2) is 26.8 Å². The average Bonchev–Trinajstić information content (AvgIpc) is 2.88. The van der Waals surface area contributed by atoms with Crippen molar-refractivity contribution in [2.24, 2.45) is 0 Å². The minimum absolute atomic E-state index is 0.00482. The van der Waals surface area contributed by atoms with Crippen LogP contribution in [0.25, 0.3) is 0 Å². The van der Waals surface area contributed by atoms with Gasteiger partial charge in [0.15, 0.2) is 5.82 Å². The van der Waals surface area contributed by atoms with Crippen molar-refractivity contribution in [2.75, 3.05) is 5.32 Å². The molecule has 2 aromatic rings. The number of carbonyl (C=O) groups is 2. The number of aromatic nitrogens is 2. The van der Waals surface area contributed by atoms with Gasteiger partial charge >= 0.3 is 5.97 Å². The number of aryl methyl sites for hydroxylation is 1. The lowest BCUT2D eigenvalue weighted by atomic mass is 10.1. The Morgan fingerprint density at radius 1 is 1.23 bits per heavy atom. The fraction of sp³-hybridized carbons (Fsp3) is 0.312. The summed E-state index contributed by atoms with van der Waals surface area (Å²) >= 11 is 0. The van der Waals surface area contributed by atoms with Crippen molar-refractivity contribution in [1.29, 1.82) is 0 Å². The van der Waals surface area contributed by atoms with Gasteiger partial charge in [-0.3, -0.25) is 14.3 Å². The van der Waals surface area contributed by atoms with Crippen LogP contribution < -0.4 is 5.32 Å². The number of carboxylic acid groups (broad SMARTS) is 1. The highest BCUT2D eigenvalue weighted by atomic mass is 16.4. The van der Waals surface area contributed by atoms with E-state index in [1.807, 2.05) is 31.2 Å². The van der Waals surface area contributed by atoms with Crippen LogP contribution >= 0.6 is 0 Å². The molecule has 0 radical (unpaired) electrons. The standard InChI is InChI=1S/C16H19N3O3/c1-12-5-2-3-6-13(12)11-19-10-9-14(18-19)17-15(20)7-4-8-16(21)22/h2-3,5-6,9-10H,4,7-8,11H2,1H3,(H,21,22)(H,17,18,20). The van der Waals surface area contributed by atoms with Gasteiger partial charge in [-0.1, -0.05) is 24.3 Å². The van der Waals surface area contributed by atoms with Gasteiger partial charge in [-0.15, -0.1) is 0 Å². The number of carbonyl (C=O) groups excluding carboxylic acids is 1. The summed E-state index contributed by atoms with van der Waals surface area (Å²) in [4.78, 5) is 22.1. The van der Waals surface area contributed by atoms with Crippen molar-refractivity contribution in [1.82, 2.24) is 9.78 Å². The summed E-state index contributed by atoms with van der Waals surface area (Å²) < 4.78 is 1.76. The fourth-order valence-electron chi connectivity index (χ4n) is 2.08. The number of rotatable bonds is 7. The maximum absolute atomic E-state index is 11.7. The maximum atomic E-state index is 11.7. The first-order valence-corrected chi connectivity index (χ1v) is 7.14. The lowest BCUT2D eigenvalue weighted by Gasteiger charge is -2.05. The van der Waals surface area contributed by atoms with Crippen LogP contribution in [0.4, 0.5) is 5.82 Å². The van der Waals surface area contributed by atoms with E-state index in [1.54, 1.807) is 16.9 Å². The molecular weight excluding hydrogens is 282 g/mol. The van der Waals surface area contributed by atoms with Gasteiger partial charge in [0.1, 0.15) is 0 Å². The van der Waals surface area contributed by atoms with E-state index < -0.39 is 5.97 Å². The molecular formula is C16H19N3O3. The van der Waals surface area contributed by atoms with Gasteiger partial charge in [-0.25, -0.2) is 0 Å². The van der Waals surface area contributed by atoms with Crippen LogP contribution in [0.3, 0.4) is 0 Å². The van der Waals surface area contributed by atoms with Crippen molar-refractivity contribution in [3.05, 3.63) is 47.7 Å². The summed E-state index contributed by atoms with van der Waals surface area (Å²) in [5.74, 6) is -0.633. The minimum Gasteiger partial charge on any atom is -0.481 e. The molecule has 22 heavy (non-hydrogen) atoms. The summed E-state index contributed by atoms with van der Waals surface area (Å²) in [5, 5.41) is 15.5. The van der Waals surface area contributed by atoms with Crippen LogP contribution in [0.5, 0.6) is 0 Å². The lowest BCUT2D eigenvalue weighted by molar-refractivity contribution is -0.137. The second kappa shape index (κ2) is 7.40. The van der Waals surface area contributed by atoms with Crippen molar-refractivity contribution in [3.63, 3.8) is 0 Å². The summed E-state index contributed by atoms with van der Waals surface area (Å²) in [6.45, 7) is 2.69. The third-order valence-electron chi connectivity index (χ3n) is 3.30. The van der Waals surface area contributed by atoms with Gasteiger partial charge in [0, 0.05) is 25.1 Å². The number of aliphatic carboxylic acids is 1. The Hall–Kier alpha value is -2.63. The fourth-order valence-corrected chi connectivity index (χ4v) is 2.08. The normalized spacial score (nSPS) is 10.4. The van der Waals surface area contributed by atoms with E-state index in [0.29, 0.717) is 18.8 Å². The third-order valence-corrected chi connectivity index (χ3v) is 3.30. The van der Waals surface area contributed by atoms with Gasteiger partial charge < -0.3 is 10.4 Å². The molecule has 0 unspecified atom stereocenters. The summed E-state index contributed by atoms with van der Waals surface area (Å²) in [5.41, 5.74) is 2.36. The molecule has 116 valence electrons. The Morgan fingerprint density at radius 3 is 2.73 bits per heavy atom. The highest BCUT2D eigenvalue weighted by Gasteiger charge is 2.07. The van der Waals surface area contributed by atoms with Crippen molar-refractivity contribution >= 4 is 17.7 Å². The number of anilines is 1. The zero-order chi connectivity index (χ0) is 15.9. The lowest BCUT2D eigenvalue weighted by Crippen LogP contribution is -2.13. The van der Waals surface area contributed by atoms with Crippen LogP contribution in [0, 0.1) is 6.92 Å². The highest BCUT2D eigenvalue weighted by molar-refractivity contribution is 5.89. The molecule has 0 fully saturated rings. The first kappa shape index (κ1) is 15.8. The summed E-state index contributed by atoms with van der Waals surface area (Å²) in [6.07, 6.45) is 2.30. The Balaban J connectivity index is 1.87. The van der Waals surface area contributed by atoms with E-state index in [1.165, 1.54) is 11.1 Å². The maximum Gasteiger partial charge on any atom is 0.303 e. The van der Waals surface area contributed by atoms with Gasteiger partial charge in [0.05, 0.1) is 6.54 Å². The predicted octanol–water partition coefficient (Wildman–Crippen LogP) is 2.43. The van der Waals surface area contributed by atoms with Crippen LogP contribution in [0.1, 0.15) is 30.4 Å². The SMILES string of the molecule is Cc1ccccc1Cn1ccc(NC(=O)CCCC(=O)O)n1. The molecule has 0 spiro atoms. The zero-order valence-corrected chi connectivity index (χ0v) is 12.5. The van der Waals surface area contributed by atoms with Crippen molar-refractivity contribution in [3.8, 4) is 0 Å². The molecule has 0 aliphatic rings. The quantitative estimate of drug-likeness (QED) is 0.822. The first-order chi connectivity index (χ1) is 10.5.